The van der Waals surface area contributed by atoms with Gasteiger partial charge in [-0.1, -0.05) is 6.07 Å². The summed E-state index contributed by atoms with van der Waals surface area (Å²) in [6.07, 6.45) is 3.28. The molecular formula is C14H13N5O. The van der Waals surface area contributed by atoms with E-state index in [1.165, 1.54) is 0 Å². The Bertz CT molecular complexity index is 779. The summed E-state index contributed by atoms with van der Waals surface area (Å²) in [4.78, 5) is 20.8. The number of nitrogens with one attached hydrogen (secondary N) is 1. The molecule has 6 heteroatoms. The topological polar surface area (TPSA) is 72.7 Å². The Hall–Kier alpha value is -2.76. The quantitative estimate of drug-likeness (QED) is 0.770. The fraction of sp³-hybridized carbons (Fsp3) is 0.143. The van der Waals surface area contributed by atoms with Gasteiger partial charge in [0.2, 0.25) is 0 Å². The van der Waals surface area contributed by atoms with E-state index in [0.717, 1.165) is 11.1 Å². The van der Waals surface area contributed by atoms with Gasteiger partial charge in [-0.2, -0.15) is 5.10 Å². The maximum atomic E-state index is 12.4. The fourth-order valence-electron chi connectivity index (χ4n) is 2.05. The predicted molar refractivity (Wildman–Crippen MR) is 75.4 cm³/mol. The van der Waals surface area contributed by atoms with Gasteiger partial charge in [0.15, 0.2) is 5.65 Å². The van der Waals surface area contributed by atoms with Gasteiger partial charge in [0.1, 0.15) is 5.82 Å². The SMILES string of the molecule is Cc1cc(C(=O)Nc2ccccn2)c2cnn(C)c2n1. The van der Waals surface area contributed by atoms with Crippen molar-refractivity contribution in [1.29, 1.82) is 0 Å². The normalized spacial score (nSPS) is 10.7. The Morgan fingerprint density at radius 2 is 2.20 bits per heavy atom. The Morgan fingerprint density at radius 1 is 1.35 bits per heavy atom. The van der Waals surface area contributed by atoms with Gasteiger partial charge in [0, 0.05) is 18.9 Å². The van der Waals surface area contributed by atoms with Crippen LogP contribution in [0.15, 0.2) is 36.7 Å². The molecule has 0 fully saturated rings. The maximum absolute atomic E-state index is 12.4. The number of amides is 1. The number of anilines is 1. The van der Waals surface area contributed by atoms with Gasteiger partial charge < -0.3 is 5.32 Å². The summed E-state index contributed by atoms with van der Waals surface area (Å²) in [6.45, 7) is 1.85. The lowest BCUT2D eigenvalue weighted by Gasteiger charge is -2.06. The average molecular weight is 267 g/mol. The number of aryl methyl sites for hydroxylation is 2. The molecule has 3 rings (SSSR count). The molecule has 0 saturated heterocycles. The summed E-state index contributed by atoms with van der Waals surface area (Å²) < 4.78 is 1.65. The first-order valence-corrected chi connectivity index (χ1v) is 6.17. The Morgan fingerprint density at radius 3 is 2.95 bits per heavy atom. The molecule has 0 unspecified atom stereocenters. The molecule has 0 atom stereocenters. The molecule has 0 bridgehead atoms. The number of pyridine rings is 2. The van der Waals surface area contributed by atoms with E-state index < -0.39 is 0 Å². The lowest BCUT2D eigenvalue weighted by molar-refractivity contribution is 0.102. The van der Waals surface area contributed by atoms with Gasteiger partial charge in [-0.3, -0.25) is 9.48 Å². The van der Waals surface area contributed by atoms with Crippen LogP contribution in [0.3, 0.4) is 0 Å². The number of fused-ring (bicyclic) bond motifs is 1. The highest BCUT2D eigenvalue weighted by atomic mass is 16.1. The zero-order valence-electron chi connectivity index (χ0n) is 11.2. The van der Waals surface area contributed by atoms with Gasteiger partial charge >= 0.3 is 0 Å². The molecule has 0 spiro atoms. The second-order valence-electron chi connectivity index (χ2n) is 4.49. The van der Waals surface area contributed by atoms with Crippen molar-refractivity contribution in [2.45, 2.75) is 6.92 Å². The van der Waals surface area contributed by atoms with Crippen LogP contribution in [-0.2, 0) is 7.05 Å². The van der Waals surface area contributed by atoms with Crippen LogP contribution in [-0.4, -0.2) is 25.7 Å². The maximum Gasteiger partial charge on any atom is 0.257 e. The zero-order valence-corrected chi connectivity index (χ0v) is 11.2. The average Bonchev–Trinajstić information content (AvgIpc) is 2.81. The summed E-state index contributed by atoms with van der Waals surface area (Å²) in [5.41, 5.74) is 2.01. The van der Waals surface area contributed by atoms with E-state index in [4.69, 9.17) is 0 Å². The molecule has 0 aromatic carbocycles. The molecule has 0 aliphatic carbocycles. The number of carbonyl (C=O) groups is 1. The minimum Gasteiger partial charge on any atom is -0.307 e. The molecule has 20 heavy (non-hydrogen) atoms. The summed E-state index contributed by atoms with van der Waals surface area (Å²) in [6, 6.07) is 7.11. The van der Waals surface area contributed by atoms with E-state index >= 15 is 0 Å². The van der Waals surface area contributed by atoms with Crippen molar-refractivity contribution in [2.24, 2.45) is 7.05 Å². The number of carbonyl (C=O) groups excluding carboxylic acids is 1. The summed E-state index contributed by atoms with van der Waals surface area (Å²) in [7, 11) is 1.80. The second kappa shape index (κ2) is 4.73. The highest BCUT2D eigenvalue weighted by Gasteiger charge is 2.15. The summed E-state index contributed by atoms with van der Waals surface area (Å²) in [5, 5.41) is 7.65. The first-order valence-electron chi connectivity index (χ1n) is 6.17. The van der Waals surface area contributed by atoms with Crippen LogP contribution in [0.5, 0.6) is 0 Å². The van der Waals surface area contributed by atoms with Crippen molar-refractivity contribution in [2.75, 3.05) is 5.32 Å². The molecule has 3 heterocycles. The number of aromatic nitrogens is 4. The Balaban J connectivity index is 2.03. The van der Waals surface area contributed by atoms with Crippen molar-refractivity contribution in [1.82, 2.24) is 19.7 Å². The van der Waals surface area contributed by atoms with E-state index in [-0.39, 0.29) is 5.91 Å². The summed E-state index contributed by atoms with van der Waals surface area (Å²) in [5.74, 6) is 0.302. The number of rotatable bonds is 2. The van der Waals surface area contributed by atoms with Gasteiger partial charge in [0.25, 0.3) is 5.91 Å². The van der Waals surface area contributed by atoms with Crippen molar-refractivity contribution in [3.63, 3.8) is 0 Å². The monoisotopic (exact) mass is 267 g/mol. The zero-order chi connectivity index (χ0) is 14.1. The van der Waals surface area contributed by atoms with Crippen LogP contribution in [0.4, 0.5) is 5.82 Å². The lowest BCUT2D eigenvalue weighted by Crippen LogP contribution is -2.14. The fourth-order valence-corrected chi connectivity index (χ4v) is 2.05. The van der Waals surface area contributed by atoms with E-state index in [9.17, 15) is 4.79 Å². The first-order chi connectivity index (χ1) is 9.65. The Kier molecular flexibility index (Phi) is 2.90. The minimum absolute atomic E-state index is 0.216. The van der Waals surface area contributed by atoms with Crippen molar-refractivity contribution in [3.8, 4) is 0 Å². The molecule has 0 saturated carbocycles. The van der Waals surface area contributed by atoms with Crippen molar-refractivity contribution in [3.05, 3.63) is 47.9 Å². The van der Waals surface area contributed by atoms with Crippen LogP contribution in [0.2, 0.25) is 0 Å². The molecular weight excluding hydrogens is 254 g/mol. The molecule has 6 nitrogen and oxygen atoms in total. The molecule has 1 N–H and O–H groups in total. The summed E-state index contributed by atoms with van der Waals surface area (Å²) >= 11 is 0. The highest BCUT2D eigenvalue weighted by Crippen LogP contribution is 2.18. The standard InChI is InChI=1S/C14H13N5O/c1-9-7-10(11-8-16-19(2)13(11)17-9)14(20)18-12-5-3-4-6-15-12/h3-8H,1-2H3,(H,15,18,20). The molecule has 3 aromatic rings. The van der Waals surface area contributed by atoms with Crippen LogP contribution < -0.4 is 5.32 Å². The largest absolute Gasteiger partial charge is 0.307 e. The number of hydrogen-bond acceptors (Lipinski definition) is 4. The third kappa shape index (κ3) is 2.11. The number of nitrogens with zero attached hydrogens (tertiary/aromatic N) is 4. The molecule has 1 amide bonds. The second-order valence-corrected chi connectivity index (χ2v) is 4.49. The van der Waals surface area contributed by atoms with Crippen LogP contribution >= 0.6 is 0 Å². The van der Waals surface area contributed by atoms with Crippen molar-refractivity contribution < 1.29 is 4.79 Å². The molecule has 0 aliphatic rings. The smallest absolute Gasteiger partial charge is 0.257 e. The predicted octanol–water partition coefficient (Wildman–Crippen LogP) is 1.92. The third-order valence-corrected chi connectivity index (χ3v) is 2.98. The van der Waals surface area contributed by atoms with E-state index in [2.05, 4.69) is 20.4 Å². The van der Waals surface area contributed by atoms with Crippen LogP contribution in [0, 0.1) is 6.92 Å². The van der Waals surface area contributed by atoms with Gasteiger partial charge in [-0.15, -0.1) is 0 Å². The highest BCUT2D eigenvalue weighted by molar-refractivity contribution is 6.11. The van der Waals surface area contributed by atoms with Crippen LogP contribution in [0.1, 0.15) is 16.1 Å². The molecule has 3 aromatic heterocycles. The number of hydrogen-bond donors (Lipinski definition) is 1. The Labute approximate surface area is 115 Å². The third-order valence-electron chi connectivity index (χ3n) is 2.98. The van der Waals surface area contributed by atoms with Gasteiger partial charge in [-0.05, 0) is 25.1 Å². The molecule has 100 valence electrons. The van der Waals surface area contributed by atoms with E-state index in [1.54, 1.807) is 42.3 Å². The van der Waals surface area contributed by atoms with E-state index in [0.29, 0.717) is 17.0 Å². The molecule has 0 aliphatic heterocycles. The van der Waals surface area contributed by atoms with Crippen LogP contribution in [0.25, 0.3) is 11.0 Å². The molecule has 0 radical (unpaired) electrons. The van der Waals surface area contributed by atoms with E-state index in [1.807, 2.05) is 13.0 Å². The van der Waals surface area contributed by atoms with Gasteiger partial charge in [-0.25, -0.2) is 9.97 Å². The first kappa shape index (κ1) is 12.3. The lowest BCUT2D eigenvalue weighted by atomic mass is 10.1. The minimum atomic E-state index is -0.216. The van der Waals surface area contributed by atoms with Gasteiger partial charge in [0.05, 0.1) is 17.1 Å². The van der Waals surface area contributed by atoms with Crippen molar-refractivity contribution >= 4 is 22.8 Å².